The van der Waals surface area contributed by atoms with E-state index in [1.807, 2.05) is 73.7 Å². The third kappa shape index (κ3) is 3.95. The summed E-state index contributed by atoms with van der Waals surface area (Å²) in [7, 11) is 0. The molecular formula is C27H22BrNO4. The number of ketones is 1. The molecule has 166 valence electrons. The summed E-state index contributed by atoms with van der Waals surface area (Å²) in [5.74, 6) is -0.680. The van der Waals surface area contributed by atoms with E-state index < -0.39 is 17.7 Å². The second-order valence-corrected chi connectivity index (χ2v) is 9.33. The van der Waals surface area contributed by atoms with Crippen LogP contribution >= 0.6 is 15.9 Å². The van der Waals surface area contributed by atoms with E-state index in [9.17, 15) is 14.7 Å². The molecule has 0 saturated carbocycles. The molecule has 5 nitrogen and oxygen atoms in total. The molecule has 1 N–H and O–H groups in total. The molecule has 1 amide bonds. The van der Waals surface area contributed by atoms with Gasteiger partial charge in [0.25, 0.3) is 11.7 Å². The molecule has 2 aliphatic rings. The van der Waals surface area contributed by atoms with Crippen LogP contribution in [0.15, 0.2) is 82.8 Å². The van der Waals surface area contributed by atoms with Crippen LogP contribution in [0.3, 0.4) is 0 Å². The first-order chi connectivity index (χ1) is 15.9. The molecular weight excluding hydrogens is 482 g/mol. The van der Waals surface area contributed by atoms with E-state index >= 15 is 0 Å². The lowest BCUT2D eigenvalue weighted by Crippen LogP contribution is -2.29. The number of Topliss-reactive ketones (excluding diaryl/α,β-unsaturated/α-hetero) is 1. The molecule has 0 bridgehead atoms. The van der Waals surface area contributed by atoms with Crippen molar-refractivity contribution in [2.45, 2.75) is 32.0 Å². The van der Waals surface area contributed by atoms with Crippen molar-refractivity contribution in [2.24, 2.45) is 0 Å². The molecule has 3 aromatic carbocycles. The van der Waals surface area contributed by atoms with Crippen LogP contribution in [-0.2, 0) is 22.6 Å². The molecule has 0 radical (unpaired) electrons. The number of carbonyl (C=O) groups excluding carboxylic acids is 2. The van der Waals surface area contributed by atoms with Gasteiger partial charge < -0.3 is 14.7 Å². The van der Waals surface area contributed by atoms with Gasteiger partial charge in [-0.15, -0.1) is 0 Å². The van der Waals surface area contributed by atoms with Gasteiger partial charge in [-0.25, -0.2) is 0 Å². The Bertz CT molecular complexity index is 1270. The highest BCUT2D eigenvalue weighted by atomic mass is 79.9. The molecule has 0 unspecified atom stereocenters. The molecule has 2 heterocycles. The van der Waals surface area contributed by atoms with E-state index in [0.29, 0.717) is 5.56 Å². The summed E-state index contributed by atoms with van der Waals surface area (Å²) in [6.45, 7) is 2.25. The second-order valence-electron chi connectivity index (χ2n) is 8.42. The lowest BCUT2D eigenvalue weighted by Gasteiger charge is -2.25. The van der Waals surface area contributed by atoms with Gasteiger partial charge in [0.2, 0.25) is 0 Å². The van der Waals surface area contributed by atoms with Crippen molar-refractivity contribution in [1.82, 2.24) is 4.90 Å². The van der Waals surface area contributed by atoms with E-state index in [2.05, 4.69) is 15.9 Å². The minimum Gasteiger partial charge on any atom is -0.507 e. The number of likely N-dealkylation sites (tertiary alicyclic amines) is 1. The van der Waals surface area contributed by atoms with Crippen molar-refractivity contribution in [3.63, 3.8) is 0 Å². The third-order valence-electron chi connectivity index (χ3n) is 6.09. The average molecular weight is 504 g/mol. The number of benzene rings is 3. The Balaban J connectivity index is 1.62. The Hall–Kier alpha value is -3.38. The van der Waals surface area contributed by atoms with Crippen molar-refractivity contribution in [1.29, 1.82) is 0 Å². The second kappa shape index (κ2) is 8.52. The average Bonchev–Trinajstić information content (AvgIpc) is 3.31. The predicted octanol–water partition coefficient (Wildman–Crippen LogP) is 5.39. The Kier molecular flexibility index (Phi) is 5.54. The van der Waals surface area contributed by atoms with Crippen LogP contribution < -0.4 is 4.74 Å². The number of carbonyl (C=O) groups is 2. The van der Waals surface area contributed by atoms with Crippen molar-refractivity contribution in [3.05, 3.63) is 105 Å². The van der Waals surface area contributed by atoms with Gasteiger partial charge in [-0.2, -0.15) is 0 Å². The number of amides is 1. The molecule has 1 saturated heterocycles. The molecule has 6 heteroatoms. The Morgan fingerprint density at radius 3 is 2.52 bits per heavy atom. The maximum absolute atomic E-state index is 13.2. The fourth-order valence-electron chi connectivity index (χ4n) is 4.54. The fraction of sp³-hybridized carbons (Fsp3) is 0.185. The smallest absolute Gasteiger partial charge is 0.295 e. The van der Waals surface area contributed by atoms with E-state index in [1.54, 1.807) is 6.07 Å². The number of aliphatic hydroxyl groups is 1. The number of nitrogens with zero attached hydrogens (tertiary/aromatic N) is 1. The Morgan fingerprint density at radius 1 is 1.06 bits per heavy atom. The number of aliphatic hydroxyl groups excluding tert-OH is 1. The first-order valence-electron chi connectivity index (χ1n) is 10.8. The summed E-state index contributed by atoms with van der Waals surface area (Å²) >= 11 is 3.44. The maximum atomic E-state index is 13.2. The van der Waals surface area contributed by atoms with Gasteiger partial charge in [0.15, 0.2) is 0 Å². The van der Waals surface area contributed by atoms with Crippen LogP contribution in [0, 0.1) is 0 Å². The molecule has 2 atom stereocenters. The third-order valence-corrected chi connectivity index (χ3v) is 6.62. The lowest BCUT2D eigenvalue weighted by molar-refractivity contribution is -0.140. The molecule has 3 aromatic rings. The van der Waals surface area contributed by atoms with Crippen LogP contribution in [0.1, 0.15) is 35.2 Å². The SMILES string of the molecule is C[C@H]1Cc2cc(/C(O)=C3\C(=O)C(=O)N(Cc4ccccc4)[C@H]3c3ccc(Br)cc3)ccc2O1. The molecule has 0 aliphatic carbocycles. The lowest BCUT2D eigenvalue weighted by atomic mass is 9.94. The largest absolute Gasteiger partial charge is 0.507 e. The first-order valence-corrected chi connectivity index (χ1v) is 11.6. The minimum absolute atomic E-state index is 0.0663. The van der Waals surface area contributed by atoms with Crippen molar-refractivity contribution in [3.8, 4) is 5.75 Å². The molecule has 2 aliphatic heterocycles. The molecule has 0 aromatic heterocycles. The highest BCUT2D eigenvalue weighted by Crippen LogP contribution is 2.41. The molecule has 33 heavy (non-hydrogen) atoms. The van der Waals surface area contributed by atoms with Gasteiger partial charge in [0.05, 0.1) is 11.6 Å². The van der Waals surface area contributed by atoms with Gasteiger partial charge in [-0.1, -0.05) is 58.4 Å². The number of ether oxygens (including phenoxy) is 1. The van der Waals surface area contributed by atoms with Gasteiger partial charge >= 0.3 is 0 Å². The summed E-state index contributed by atoms with van der Waals surface area (Å²) in [5, 5.41) is 11.3. The van der Waals surface area contributed by atoms with Crippen LogP contribution in [0.5, 0.6) is 5.75 Å². The zero-order valence-electron chi connectivity index (χ0n) is 18.0. The summed E-state index contributed by atoms with van der Waals surface area (Å²) < 4.78 is 6.65. The van der Waals surface area contributed by atoms with Crippen LogP contribution in [0.2, 0.25) is 0 Å². The van der Waals surface area contributed by atoms with E-state index in [4.69, 9.17) is 4.74 Å². The van der Waals surface area contributed by atoms with Crippen LogP contribution in [-0.4, -0.2) is 27.8 Å². The van der Waals surface area contributed by atoms with Gasteiger partial charge in [-0.3, -0.25) is 9.59 Å². The number of rotatable bonds is 4. The summed E-state index contributed by atoms with van der Waals surface area (Å²) in [4.78, 5) is 27.9. The normalized spacial score (nSPS) is 21.2. The van der Waals surface area contributed by atoms with Gasteiger partial charge in [0.1, 0.15) is 17.6 Å². The summed E-state index contributed by atoms with van der Waals surface area (Å²) in [5.41, 5.74) is 3.25. The standard InChI is InChI=1S/C27H22BrNO4/c1-16-13-20-14-19(9-12-22(20)33-16)25(30)23-24(18-7-10-21(28)11-8-18)29(27(32)26(23)31)15-17-5-3-2-4-6-17/h2-12,14,16,24,30H,13,15H2,1H3/b25-23+/t16-,24-/m0/s1. The highest BCUT2D eigenvalue weighted by Gasteiger charge is 2.46. The number of hydrogen-bond donors (Lipinski definition) is 1. The quantitative estimate of drug-likeness (QED) is 0.294. The van der Waals surface area contributed by atoms with Crippen molar-refractivity contribution in [2.75, 3.05) is 0 Å². The van der Waals surface area contributed by atoms with Gasteiger partial charge in [0, 0.05) is 23.0 Å². The predicted molar refractivity (Wildman–Crippen MR) is 129 cm³/mol. The monoisotopic (exact) mass is 503 g/mol. The topological polar surface area (TPSA) is 66.8 Å². The maximum Gasteiger partial charge on any atom is 0.295 e. The summed E-state index contributed by atoms with van der Waals surface area (Å²) in [6, 6.07) is 21.7. The number of halogens is 1. The Morgan fingerprint density at radius 2 is 1.79 bits per heavy atom. The highest BCUT2D eigenvalue weighted by molar-refractivity contribution is 9.10. The molecule has 5 rings (SSSR count). The van der Waals surface area contributed by atoms with Gasteiger partial charge in [-0.05, 0) is 53.9 Å². The summed E-state index contributed by atoms with van der Waals surface area (Å²) in [6.07, 6.45) is 0.797. The van der Waals surface area contributed by atoms with Crippen molar-refractivity contribution < 1.29 is 19.4 Å². The van der Waals surface area contributed by atoms with Crippen molar-refractivity contribution >= 4 is 33.4 Å². The fourth-order valence-corrected chi connectivity index (χ4v) is 4.80. The number of hydrogen-bond acceptors (Lipinski definition) is 4. The zero-order chi connectivity index (χ0) is 23.1. The number of fused-ring (bicyclic) bond motifs is 1. The molecule has 0 spiro atoms. The van der Waals surface area contributed by atoms with Crippen LogP contribution in [0.4, 0.5) is 0 Å². The van der Waals surface area contributed by atoms with Crippen LogP contribution in [0.25, 0.3) is 5.76 Å². The van der Waals surface area contributed by atoms with E-state index in [-0.39, 0.29) is 24.0 Å². The first kappa shape index (κ1) is 21.5. The van der Waals surface area contributed by atoms with E-state index in [0.717, 1.165) is 33.3 Å². The zero-order valence-corrected chi connectivity index (χ0v) is 19.6. The molecule has 1 fully saturated rings. The van der Waals surface area contributed by atoms with E-state index in [1.165, 1.54) is 4.90 Å². The minimum atomic E-state index is -0.693. The Labute approximate surface area is 200 Å².